The second kappa shape index (κ2) is 6.62. The lowest BCUT2D eigenvalue weighted by Gasteiger charge is -2.07. The Hall–Kier alpha value is -0.870. The fourth-order valence-electron chi connectivity index (χ4n) is 0.584. The molecule has 4 nitrogen and oxygen atoms in total. The highest BCUT2D eigenvalue weighted by atomic mass is 16.6. The van der Waals surface area contributed by atoms with Gasteiger partial charge in [0.05, 0.1) is 13.2 Å². The minimum absolute atomic E-state index is 0.135. The lowest BCUT2D eigenvalue weighted by Crippen LogP contribution is -2.26. The van der Waals surface area contributed by atoms with Crippen molar-refractivity contribution in [3.63, 3.8) is 0 Å². The maximum Gasteiger partial charge on any atom is 0.270 e. The third kappa shape index (κ3) is 6.31. The summed E-state index contributed by atoms with van der Waals surface area (Å²) in [6.45, 7) is 5.94. The van der Waals surface area contributed by atoms with Gasteiger partial charge in [0.15, 0.2) is 0 Å². The maximum absolute atomic E-state index is 11.1. The molecule has 0 heterocycles. The van der Waals surface area contributed by atoms with Gasteiger partial charge in [-0.15, -0.1) is 0 Å². The molecule has 2 N–H and O–H groups in total. The zero-order valence-corrected chi connectivity index (χ0v) is 8.33. The van der Waals surface area contributed by atoms with Gasteiger partial charge in [0.2, 0.25) is 0 Å². The van der Waals surface area contributed by atoms with E-state index in [0.717, 1.165) is 0 Å². The van der Waals surface area contributed by atoms with Crippen molar-refractivity contribution in [2.24, 2.45) is 5.92 Å². The standard InChI is InChI=1S/C9H17NO3/c1-7(2)6-13-10-9(12)8(3)4-5-11/h4,7,11H,5-6H2,1-3H3,(H,10,12)/b8-4+. The highest BCUT2D eigenvalue weighted by Crippen LogP contribution is 1.93. The summed E-state index contributed by atoms with van der Waals surface area (Å²) in [5.41, 5.74) is 2.73. The molecular weight excluding hydrogens is 170 g/mol. The molecule has 0 unspecified atom stereocenters. The highest BCUT2D eigenvalue weighted by Gasteiger charge is 2.03. The molecule has 0 rings (SSSR count). The number of amides is 1. The normalized spacial score (nSPS) is 11.9. The van der Waals surface area contributed by atoms with E-state index >= 15 is 0 Å². The topological polar surface area (TPSA) is 58.6 Å². The van der Waals surface area contributed by atoms with Crippen molar-refractivity contribution < 1.29 is 14.7 Å². The van der Waals surface area contributed by atoms with Crippen molar-refractivity contribution in [1.29, 1.82) is 0 Å². The van der Waals surface area contributed by atoms with Crippen LogP contribution in [-0.4, -0.2) is 24.2 Å². The second-order valence-corrected chi connectivity index (χ2v) is 3.21. The van der Waals surface area contributed by atoms with Gasteiger partial charge in [-0.2, -0.15) is 0 Å². The predicted octanol–water partition coefficient (Wildman–Crippen LogP) is 0.629. The predicted molar refractivity (Wildman–Crippen MR) is 49.8 cm³/mol. The minimum Gasteiger partial charge on any atom is -0.392 e. The van der Waals surface area contributed by atoms with E-state index in [2.05, 4.69) is 5.48 Å². The van der Waals surface area contributed by atoms with Crippen molar-refractivity contribution in [3.05, 3.63) is 11.6 Å². The lowest BCUT2D eigenvalue weighted by molar-refractivity contribution is -0.130. The largest absolute Gasteiger partial charge is 0.392 e. The Labute approximate surface area is 78.5 Å². The molecule has 4 heteroatoms. The van der Waals surface area contributed by atoms with Gasteiger partial charge in [0.1, 0.15) is 0 Å². The highest BCUT2D eigenvalue weighted by molar-refractivity contribution is 5.91. The zero-order valence-electron chi connectivity index (χ0n) is 8.33. The molecule has 0 saturated carbocycles. The molecule has 13 heavy (non-hydrogen) atoms. The summed E-state index contributed by atoms with van der Waals surface area (Å²) in [7, 11) is 0. The van der Waals surface area contributed by atoms with Crippen molar-refractivity contribution in [1.82, 2.24) is 5.48 Å². The Bertz CT molecular complexity index is 187. The van der Waals surface area contributed by atoms with E-state index in [4.69, 9.17) is 9.94 Å². The Morgan fingerprint density at radius 2 is 2.23 bits per heavy atom. The average Bonchev–Trinajstić information content (AvgIpc) is 2.04. The van der Waals surface area contributed by atoms with Gasteiger partial charge in [-0.25, -0.2) is 5.48 Å². The summed E-state index contributed by atoms with van der Waals surface area (Å²) in [5.74, 6) is 0.0668. The summed E-state index contributed by atoms with van der Waals surface area (Å²) >= 11 is 0. The number of hydroxylamine groups is 1. The zero-order chi connectivity index (χ0) is 10.3. The first-order chi connectivity index (χ1) is 6.07. The minimum atomic E-state index is -0.310. The van der Waals surface area contributed by atoms with Crippen molar-refractivity contribution in [2.45, 2.75) is 20.8 Å². The smallest absolute Gasteiger partial charge is 0.270 e. The van der Waals surface area contributed by atoms with Gasteiger partial charge in [0.25, 0.3) is 5.91 Å². The Morgan fingerprint density at radius 3 is 2.69 bits per heavy atom. The number of hydrogen-bond acceptors (Lipinski definition) is 3. The molecule has 0 aromatic heterocycles. The third-order valence-electron chi connectivity index (χ3n) is 1.34. The summed E-state index contributed by atoms with van der Waals surface area (Å²) in [6, 6.07) is 0. The van der Waals surface area contributed by atoms with Crippen LogP contribution < -0.4 is 5.48 Å². The number of aliphatic hydroxyl groups is 1. The van der Waals surface area contributed by atoms with E-state index in [-0.39, 0.29) is 12.5 Å². The van der Waals surface area contributed by atoms with Crippen LogP contribution in [0, 0.1) is 5.92 Å². The van der Waals surface area contributed by atoms with Crippen LogP contribution in [-0.2, 0) is 9.63 Å². The quantitative estimate of drug-likeness (QED) is 0.490. The van der Waals surface area contributed by atoms with Crippen LogP contribution in [0.3, 0.4) is 0 Å². The van der Waals surface area contributed by atoms with Gasteiger partial charge in [0, 0.05) is 5.57 Å². The van der Waals surface area contributed by atoms with Crippen LogP contribution >= 0.6 is 0 Å². The molecule has 1 amide bonds. The first kappa shape index (κ1) is 12.1. The molecule has 0 radical (unpaired) electrons. The maximum atomic E-state index is 11.1. The molecule has 76 valence electrons. The molecule has 0 aliphatic heterocycles. The Kier molecular flexibility index (Phi) is 6.18. The second-order valence-electron chi connectivity index (χ2n) is 3.21. The van der Waals surface area contributed by atoms with Gasteiger partial charge in [-0.05, 0) is 12.8 Å². The number of aliphatic hydroxyl groups excluding tert-OH is 1. The summed E-state index contributed by atoms with van der Waals surface area (Å²) in [4.78, 5) is 16.0. The molecule has 0 aromatic rings. The van der Waals surface area contributed by atoms with E-state index < -0.39 is 0 Å². The molecule has 0 saturated heterocycles. The first-order valence-corrected chi connectivity index (χ1v) is 4.27. The summed E-state index contributed by atoms with van der Waals surface area (Å²) in [5, 5.41) is 8.50. The summed E-state index contributed by atoms with van der Waals surface area (Å²) < 4.78 is 0. The van der Waals surface area contributed by atoms with Gasteiger partial charge >= 0.3 is 0 Å². The van der Waals surface area contributed by atoms with Crippen molar-refractivity contribution >= 4 is 5.91 Å². The fraction of sp³-hybridized carbons (Fsp3) is 0.667. The molecule has 0 bridgehead atoms. The number of carbonyl (C=O) groups excluding carboxylic acids is 1. The fourth-order valence-corrected chi connectivity index (χ4v) is 0.584. The number of nitrogens with one attached hydrogen (secondary N) is 1. The van der Waals surface area contributed by atoms with Crippen molar-refractivity contribution in [3.8, 4) is 0 Å². The molecule has 0 spiro atoms. The van der Waals surface area contributed by atoms with Crippen LogP contribution in [0.2, 0.25) is 0 Å². The third-order valence-corrected chi connectivity index (χ3v) is 1.34. The van der Waals surface area contributed by atoms with Crippen LogP contribution in [0.25, 0.3) is 0 Å². The van der Waals surface area contributed by atoms with Gasteiger partial charge < -0.3 is 5.11 Å². The first-order valence-electron chi connectivity index (χ1n) is 4.27. The molecule has 0 atom stereocenters. The molecule has 0 aromatic carbocycles. The average molecular weight is 187 g/mol. The van der Waals surface area contributed by atoms with E-state index in [1.165, 1.54) is 6.08 Å². The SMILES string of the molecule is C/C(=C\CO)C(=O)NOCC(C)C. The number of rotatable bonds is 5. The Balaban J connectivity index is 3.69. The molecule has 0 aliphatic carbocycles. The van der Waals surface area contributed by atoms with E-state index in [9.17, 15) is 4.79 Å². The Morgan fingerprint density at radius 1 is 1.62 bits per heavy atom. The van der Waals surface area contributed by atoms with Gasteiger partial charge in [-0.3, -0.25) is 9.63 Å². The van der Waals surface area contributed by atoms with Gasteiger partial charge in [-0.1, -0.05) is 19.9 Å². The van der Waals surface area contributed by atoms with Crippen LogP contribution in [0.5, 0.6) is 0 Å². The molecular formula is C9H17NO3. The van der Waals surface area contributed by atoms with E-state index in [1.807, 2.05) is 13.8 Å². The van der Waals surface area contributed by atoms with Crippen LogP contribution in [0.4, 0.5) is 0 Å². The molecule has 0 fully saturated rings. The number of carbonyl (C=O) groups is 1. The summed E-state index contributed by atoms with van der Waals surface area (Å²) in [6.07, 6.45) is 1.42. The monoisotopic (exact) mass is 187 g/mol. The van der Waals surface area contributed by atoms with E-state index in [1.54, 1.807) is 6.92 Å². The van der Waals surface area contributed by atoms with Crippen LogP contribution in [0.15, 0.2) is 11.6 Å². The molecule has 0 aliphatic rings. The van der Waals surface area contributed by atoms with Crippen LogP contribution in [0.1, 0.15) is 20.8 Å². The number of hydrogen-bond donors (Lipinski definition) is 2. The van der Waals surface area contributed by atoms with E-state index in [0.29, 0.717) is 18.1 Å². The van der Waals surface area contributed by atoms with Crippen molar-refractivity contribution in [2.75, 3.05) is 13.2 Å². The lowest BCUT2D eigenvalue weighted by atomic mass is 10.2.